The molecule has 96 valence electrons. The summed E-state index contributed by atoms with van der Waals surface area (Å²) in [5, 5.41) is 13.3. The molecule has 5 heteroatoms. The Labute approximate surface area is 112 Å². The standard InChI is InChI=1S/C12H18Cl2N2O/c1-8(5-6-17)16-11(7-15)9-3-2-4-10(13)12(9)14/h2-4,8,11,16-17H,5-7,15H2,1H3. The van der Waals surface area contributed by atoms with Gasteiger partial charge in [-0.2, -0.15) is 0 Å². The van der Waals surface area contributed by atoms with E-state index in [0.717, 1.165) is 5.56 Å². The molecule has 0 amide bonds. The molecule has 0 bridgehead atoms. The Balaban J connectivity index is 2.82. The zero-order valence-corrected chi connectivity index (χ0v) is 11.3. The van der Waals surface area contributed by atoms with E-state index < -0.39 is 0 Å². The quantitative estimate of drug-likeness (QED) is 0.748. The number of benzene rings is 1. The van der Waals surface area contributed by atoms with Crippen LogP contribution in [0, 0.1) is 0 Å². The van der Waals surface area contributed by atoms with Gasteiger partial charge in [0.25, 0.3) is 0 Å². The second-order valence-corrected chi connectivity index (χ2v) is 4.80. The largest absolute Gasteiger partial charge is 0.396 e. The van der Waals surface area contributed by atoms with E-state index in [1.54, 1.807) is 6.07 Å². The topological polar surface area (TPSA) is 58.3 Å². The van der Waals surface area contributed by atoms with Gasteiger partial charge in [0.2, 0.25) is 0 Å². The maximum absolute atomic E-state index is 8.87. The van der Waals surface area contributed by atoms with Crippen LogP contribution in [0.3, 0.4) is 0 Å². The first-order chi connectivity index (χ1) is 8.10. The number of aliphatic hydroxyl groups is 1. The minimum Gasteiger partial charge on any atom is -0.396 e. The van der Waals surface area contributed by atoms with Gasteiger partial charge in [0.1, 0.15) is 0 Å². The van der Waals surface area contributed by atoms with Crippen molar-refractivity contribution in [1.82, 2.24) is 5.32 Å². The number of nitrogens with two attached hydrogens (primary N) is 1. The molecule has 3 nitrogen and oxygen atoms in total. The molecule has 0 radical (unpaired) electrons. The molecule has 1 aromatic carbocycles. The lowest BCUT2D eigenvalue weighted by Gasteiger charge is -2.23. The summed E-state index contributed by atoms with van der Waals surface area (Å²) >= 11 is 12.1. The zero-order chi connectivity index (χ0) is 12.8. The van der Waals surface area contributed by atoms with Crippen molar-refractivity contribution in [3.63, 3.8) is 0 Å². The summed E-state index contributed by atoms with van der Waals surface area (Å²) in [6.45, 7) is 2.57. The van der Waals surface area contributed by atoms with Crippen molar-refractivity contribution in [2.75, 3.05) is 13.2 Å². The lowest BCUT2D eigenvalue weighted by Crippen LogP contribution is -2.35. The Hall–Kier alpha value is -0.320. The Kier molecular flexibility index (Phi) is 6.23. The molecule has 2 atom stereocenters. The van der Waals surface area contributed by atoms with Crippen molar-refractivity contribution >= 4 is 23.2 Å². The predicted molar refractivity (Wildman–Crippen MR) is 72.6 cm³/mol. The van der Waals surface area contributed by atoms with Crippen LogP contribution in [0.4, 0.5) is 0 Å². The molecule has 2 unspecified atom stereocenters. The van der Waals surface area contributed by atoms with E-state index in [2.05, 4.69) is 5.32 Å². The summed E-state index contributed by atoms with van der Waals surface area (Å²) in [4.78, 5) is 0. The first-order valence-corrected chi connectivity index (χ1v) is 6.36. The lowest BCUT2D eigenvalue weighted by atomic mass is 10.1. The van der Waals surface area contributed by atoms with Gasteiger partial charge in [-0.25, -0.2) is 0 Å². The summed E-state index contributed by atoms with van der Waals surface area (Å²) in [6.07, 6.45) is 0.675. The number of nitrogens with one attached hydrogen (secondary N) is 1. The van der Waals surface area contributed by atoms with Crippen LogP contribution in [0.1, 0.15) is 24.9 Å². The van der Waals surface area contributed by atoms with E-state index in [9.17, 15) is 0 Å². The van der Waals surface area contributed by atoms with Crippen molar-refractivity contribution in [3.05, 3.63) is 33.8 Å². The molecular weight excluding hydrogens is 259 g/mol. The van der Waals surface area contributed by atoms with Crippen LogP contribution in [0.25, 0.3) is 0 Å². The van der Waals surface area contributed by atoms with Crippen LogP contribution in [0.5, 0.6) is 0 Å². The maximum atomic E-state index is 8.87. The van der Waals surface area contributed by atoms with E-state index in [1.807, 2.05) is 19.1 Å². The summed E-state index contributed by atoms with van der Waals surface area (Å²) in [7, 11) is 0. The maximum Gasteiger partial charge on any atom is 0.0640 e. The van der Waals surface area contributed by atoms with Crippen molar-refractivity contribution in [3.8, 4) is 0 Å². The van der Waals surface area contributed by atoms with Gasteiger partial charge in [-0.05, 0) is 25.0 Å². The third-order valence-corrected chi connectivity index (χ3v) is 3.47. The smallest absolute Gasteiger partial charge is 0.0640 e. The lowest BCUT2D eigenvalue weighted by molar-refractivity contribution is 0.263. The number of hydrogen-bond donors (Lipinski definition) is 3. The predicted octanol–water partition coefficient (Wildman–Crippen LogP) is 2.35. The van der Waals surface area contributed by atoms with E-state index >= 15 is 0 Å². The Morgan fingerprint density at radius 2 is 2.12 bits per heavy atom. The number of aliphatic hydroxyl groups excluding tert-OH is 1. The van der Waals surface area contributed by atoms with E-state index in [-0.39, 0.29) is 18.7 Å². The molecule has 0 saturated heterocycles. The zero-order valence-electron chi connectivity index (χ0n) is 9.79. The SMILES string of the molecule is CC(CCO)NC(CN)c1cccc(Cl)c1Cl. The summed E-state index contributed by atoms with van der Waals surface area (Å²) in [6, 6.07) is 5.62. The molecule has 0 aliphatic carbocycles. The number of halogens is 2. The van der Waals surface area contributed by atoms with Gasteiger partial charge in [-0.15, -0.1) is 0 Å². The van der Waals surface area contributed by atoms with Gasteiger partial charge >= 0.3 is 0 Å². The minimum atomic E-state index is -0.0530. The fourth-order valence-corrected chi connectivity index (χ4v) is 2.13. The molecule has 0 aliphatic heterocycles. The first-order valence-electron chi connectivity index (χ1n) is 5.61. The highest BCUT2D eigenvalue weighted by Crippen LogP contribution is 2.29. The first kappa shape index (κ1) is 14.7. The fraction of sp³-hybridized carbons (Fsp3) is 0.500. The van der Waals surface area contributed by atoms with E-state index in [1.165, 1.54) is 0 Å². The molecule has 0 aliphatic rings. The normalized spacial score (nSPS) is 14.6. The van der Waals surface area contributed by atoms with Crippen LogP contribution in [0.2, 0.25) is 10.0 Å². The van der Waals surface area contributed by atoms with Gasteiger partial charge in [0, 0.05) is 25.2 Å². The molecule has 0 fully saturated rings. The second kappa shape index (κ2) is 7.19. The van der Waals surface area contributed by atoms with Gasteiger partial charge in [0.15, 0.2) is 0 Å². The van der Waals surface area contributed by atoms with Crippen molar-refractivity contribution in [1.29, 1.82) is 0 Å². The van der Waals surface area contributed by atoms with Crippen LogP contribution in [0.15, 0.2) is 18.2 Å². The van der Waals surface area contributed by atoms with Crippen LogP contribution < -0.4 is 11.1 Å². The molecule has 1 rings (SSSR count). The molecule has 0 aromatic heterocycles. The van der Waals surface area contributed by atoms with Gasteiger partial charge in [-0.3, -0.25) is 0 Å². The molecule has 0 saturated carbocycles. The molecule has 0 spiro atoms. The number of rotatable bonds is 6. The summed E-state index contributed by atoms with van der Waals surface area (Å²) in [5.74, 6) is 0. The van der Waals surface area contributed by atoms with Crippen molar-refractivity contribution in [2.45, 2.75) is 25.4 Å². The Bertz CT molecular complexity index is 360. The van der Waals surface area contributed by atoms with Crippen LogP contribution >= 0.6 is 23.2 Å². The Morgan fingerprint density at radius 3 is 2.71 bits per heavy atom. The second-order valence-electron chi connectivity index (χ2n) is 4.01. The molecule has 17 heavy (non-hydrogen) atoms. The Morgan fingerprint density at radius 1 is 1.41 bits per heavy atom. The summed E-state index contributed by atoms with van der Waals surface area (Å²) in [5.41, 5.74) is 6.64. The molecule has 1 aromatic rings. The molecule has 4 N–H and O–H groups in total. The van der Waals surface area contributed by atoms with Gasteiger partial charge < -0.3 is 16.2 Å². The van der Waals surface area contributed by atoms with E-state index in [4.69, 9.17) is 34.0 Å². The fourth-order valence-electron chi connectivity index (χ4n) is 1.69. The van der Waals surface area contributed by atoms with Gasteiger partial charge in [0.05, 0.1) is 10.0 Å². The third-order valence-electron chi connectivity index (χ3n) is 2.64. The summed E-state index contributed by atoms with van der Waals surface area (Å²) < 4.78 is 0. The van der Waals surface area contributed by atoms with Gasteiger partial charge in [-0.1, -0.05) is 35.3 Å². The van der Waals surface area contributed by atoms with Crippen molar-refractivity contribution < 1.29 is 5.11 Å². The average molecular weight is 277 g/mol. The molecule has 0 heterocycles. The highest BCUT2D eigenvalue weighted by atomic mass is 35.5. The van der Waals surface area contributed by atoms with Crippen molar-refractivity contribution in [2.24, 2.45) is 5.73 Å². The van der Waals surface area contributed by atoms with E-state index in [0.29, 0.717) is 23.0 Å². The highest BCUT2D eigenvalue weighted by molar-refractivity contribution is 6.42. The monoisotopic (exact) mass is 276 g/mol. The minimum absolute atomic E-state index is 0.0530. The number of hydrogen-bond acceptors (Lipinski definition) is 3. The average Bonchev–Trinajstić information content (AvgIpc) is 2.30. The highest BCUT2D eigenvalue weighted by Gasteiger charge is 2.16. The third kappa shape index (κ3) is 4.12. The van der Waals surface area contributed by atoms with Crippen LogP contribution in [-0.4, -0.2) is 24.3 Å². The van der Waals surface area contributed by atoms with Crippen LogP contribution in [-0.2, 0) is 0 Å². The molecular formula is C12H18Cl2N2O.